The first kappa shape index (κ1) is 9.66. The molecule has 12 heavy (non-hydrogen) atoms. The topological polar surface area (TPSA) is 4.93 Å². The first-order chi connectivity index (χ1) is 5.47. The van der Waals surface area contributed by atoms with Crippen LogP contribution in [0.15, 0.2) is 24.5 Å². The number of rotatable bonds is 1. The zero-order chi connectivity index (χ0) is 7.52. The minimum absolute atomic E-state index is 0. The van der Waals surface area contributed by atoms with Crippen LogP contribution in [0, 0.1) is 0 Å². The SMILES string of the molecule is Cl.c1ccn(C2CCCCC2)c1. The largest absolute Gasteiger partial charge is 0.351 e. The first-order valence-electron chi connectivity index (χ1n) is 4.59. The van der Waals surface area contributed by atoms with E-state index in [9.17, 15) is 0 Å². The van der Waals surface area contributed by atoms with Crippen LogP contribution in [0.1, 0.15) is 38.1 Å². The molecule has 2 rings (SSSR count). The predicted octanol–water partition coefficient (Wildman–Crippen LogP) is 3.42. The van der Waals surface area contributed by atoms with Gasteiger partial charge in [0.1, 0.15) is 0 Å². The molecule has 68 valence electrons. The quantitative estimate of drug-likeness (QED) is 0.632. The van der Waals surface area contributed by atoms with E-state index in [2.05, 4.69) is 29.1 Å². The van der Waals surface area contributed by atoms with Crippen LogP contribution in [0.2, 0.25) is 0 Å². The molecule has 0 aromatic carbocycles. The average molecular weight is 186 g/mol. The molecular formula is C10H16ClN. The van der Waals surface area contributed by atoms with E-state index in [-0.39, 0.29) is 12.4 Å². The van der Waals surface area contributed by atoms with Gasteiger partial charge in [0, 0.05) is 18.4 Å². The van der Waals surface area contributed by atoms with Crippen molar-refractivity contribution in [3.05, 3.63) is 24.5 Å². The molecule has 1 aliphatic carbocycles. The molecule has 1 fully saturated rings. The molecule has 0 bridgehead atoms. The van der Waals surface area contributed by atoms with Crippen molar-refractivity contribution in [2.45, 2.75) is 38.1 Å². The highest BCUT2D eigenvalue weighted by atomic mass is 35.5. The summed E-state index contributed by atoms with van der Waals surface area (Å²) in [5.41, 5.74) is 0. The highest BCUT2D eigenvalue weighted by Gasteiger charge is 2.13. The zero-order valence-electron chi connectivity index (χ0n) is 7.28. The van der Waals surface area contributed by atoms with E-state index in [1.807, 2.05) is 0 Å². The van der Waals surface area contributed by atoms with E-state index in [0.717, 1.165) is 6.04 Å². The molecule has 0 aliphatic heterocycles. The van der Waals surface area contributed by atoms with E-state index in [1.54, 1.807) is 0 Å². The molecule has 1 aromatic rings. The molecule has 0 spiro atoms. The number of hydrogen-bond donors (Lipinski definition) is 0. The minimum atomic E-state index is 0. The molecular weight excluding hydrogens is 170 g/mol. The Morgan fingerprint density at radius 3 is 2.08 bits per heavy atom. The number of halogens is 1. The van der Waals surface area contributed by atoms with E-state index in [0.29, 0.717) is 0 Å². The lowest BCUT2D eigenvalue weighted by molar-refractivity contribution is 0.354. The maximum absolute atomic E-state index is 2.36. The highest BCUT2D eigenvalue weighted by Crippen LogP contribution is 2.27. The molecule has 0 atom stereocenters. The van der Waals surface area contributed by atoms with Gasteiger partial charge in [0.25, 0.3) is 0 Å². The molecule has 0 saturated heterocycles. The molecule has 2 heteroatoms. The van der Waals surface area contributed by atoms with Gasteiger partial charge < -0.3 is 4.57 Å². The summed E-state index contributed by atoms with van der Waals surface area (Å²) in [5.74, 6) is 0. The summed E-state index contributed by atoms with van der Waals surface area (Å²) in [6.45, 7) is 0. The highest BCUT2D eigenvalue weighted by molar-refractivity contribution is 5.85. The van der Waals surface area contributed by atoms with Crippen LogP contribution in [0.5, 0.6) is 0 Å². The third-order valence-corrected chi connectivity index (χ3v) is 2.62. The second-order valence-corrected chi connectivity index (χ2v) is 3.42. The predicted molar refractivity (Wildman–Crippen MR) is 53.8 cm³/mol. The Hall–Kier alpha value is -0.430. The minimum Gasteiger partial charge on any atom is -0.351 e. The van der Waals surface area contributed by atoms with Crippen molar-refractivity contribution < 1.29 is 0 Å². The molecule has 1 nitrogen and oxygen atoms in total. The summed E-state index contributed by atoms with van der Waals surface area (Å²) in [6.07, 6.45) is 11.4. The summed E-state index contributed by atoms with van der Waals surface area (Å²) in [7, 11) is 0. The van der Waals surface area contributed by atoms with Gasteiger partial charge in [-0.25, -0.2) is 0 Å². The second-order valence-electron chi connectivity index (χ2n) is 3.42. The Labute approximate surface area is 80.2 Å². The molecule has 1 aromatic heterocycles. The Balaban J connectivity index is 0.000000720. The van der Waals surface area contributed by atoms with Crippen molar-refractivity contribution in [1.29, 1.82) is 0 Å². The number of nitrogens with zero attached hydrogens (tertiary/aromatic N) is 1. The fourth-order valence-electron chi connectivity index (χ4n) is 1.97. The lowest BCUT2D eigenvalue weighted by atomic mass is 9.95. The van der Waals surface area contributed by atoms with Gasteiger partial charge in [-0.15, -0.1) is 12.4 Å². The van der Waals surface area contributed by atoms with Crippen molar-refractivity contribution in [3.8, 4) is 0 Å². The number of hydrogen-bond acceptors (Lipinski definition) is 0. The fourth-order valence-corrected chi connectivity index (χ4v) is 1.97. The Morgan fingerprint density at radius 2 is 1.50 bits per heavy atom. The average Bonchev–Trinajstić information content (AvgIpc) is 2.58. The molecule has 0 amide bonds. The third-order valence-electron chi connectivity index (χ3n) is 2.62. The normalized spacial score (nSPS) is 18.7. The van der Waals surface area contributed by atoms with Gasteiger partial charge in [-0.3, -0.25) is 0 Å². The fraction of sp³-hybridized carbons (Fsp3) is 0.600. The van der Waals surface area contributed by atoms with Crippen LogP contribution in [-0.2, 0) is 0 Å². The Kier molecular flexibility index (Phi) is 3.67. The smallest absolute Gasteiger partial charge is 0.0330 e. The van der Waals surface area contributed by atoms with Crippen molar-refractivity contribution >= 4 is 12.4 Å². The third kappa shape index (κ3) is 2.04. The van der Waals surface area contributed by atoms with Crippen molar-refractivity contribution in [3.63, 3.8) is 0 Å². The van der Waals surface area contributed by atoms with Crippen LogP contribution in [-0.4, -0.2) is 4.57 Å². The van der Waals surface area contributed by atoms with Crippen LogP contribution in [0.3, 0.4) is 0 Å². The van der Waals surface area contributed by atoms with Crippen molar-refractivity contribution in [2.24, 2.45) is 0 Å². The standard InChI is InChI=1S/C10H15N.ClH/c1-2-6-10(7-3-1)11-8-4-5-9-11;/h4-5,8-10H,1-3,6-7H2;1H. The van der Waals surface area contributed by atoms with Gasteiger partial charge in [-0.2, -0.15) is 0 Å². The van der Waals surface area contributed by atoms with E-state index >= 15 is 0 Å². The van der Waals surface area contributed by atoms with Gasteiger partial charge >= 0.3 is 0 Å². The Bertz CT molecular complexity index is 200. The summed E-state index contributed by atoms with van der Waals surface area (Å²) < 4.78 is 2.36. The van der Waals surface area contributed by atoms with Crippen molar-refractivity contribution in [1.82, 2.24) is 4.57 Å². The van der Waals surface area contributed by atoms with Crippen LogP contribution in [0.4, 0.5) is 0 Å². The number of aromatic nitrogens is 1. The van der Waals surface area contributed by atoms with Crippen molar-refractivity contribution in [2.75, 3.05) is 0 Å². The molecule has 1 aliphatic rings. The molecule has 1 heterocycles. The maximum atomic E-state index is 2.36. The summed E-state index contributed by atoms with van der Waals surface area (Å²) >= 11 is 0. The first-order valence-corrected chi connectivity index (χ1v) is 4.59. The van der Waals surface area contributed by atoms with Gasteiger partial charge in [-0.05, 0) is 25.0 Å². The Morgan fingerprint density at radius 1 is 0.917 bits per heavy atom. The molecule has 0 radical (unpaired) electrons. The van der Waals surface area contributed by atoms with E-state index in [4.69, 9.17) is 0 Å². The monoisotopic (exact) mass is 185 g/mol. The molecule has 1 saturated carbocycles. The summed E-state index contributed by atoms with van der Waals surface area (Å²) in [6, 6.07) is 5.04. The maximum Gasteiger partial charge on any atom is 0.0330 e. The summed E-state index contributed by atoms with van der Waals surface area (Å²) in [5, 5.41) is 0. The lowest BCUT2D eigenvalue weighted by Gasteiger charge is -2.22. The van der Waals surface area contributed by atoms with Gasteiger partial charge in [0.15, 0.2) is 0 Å². The van der Waals surface area contributed by atoms with Gasteiger partial charge in [0.2, 0.25) is 0 Å². The van der Waals surface area contributed by atoms with Crippen LogP contribution in [0.25, 0.3) is 0 Å². The van der Waals surface area contributed by atoms with Gasteiger partial charge in [-0.1, -0.05) is 19.3 Å². The molecule has 0 N–H and O–H groups in total. The summed E-state index contributed by atoms with van der Waals surface area (Å²) in [4.78, 5) is 0. The van der Waals surface area contributed by atoms with Crippen LogP contribution >= 0.6 is 12.4 Å². The van der Waals surface area contributed by atoms with Gasteiger partial charge in [0.05, 0.1) is 0 Å². The van der Waals surface area contributed by atoms with Crippen LogP contribution < -0.4 is 0 Å². The van der Waals surface area contributed by atoms with E-state index < -0.39 is 0 Å². The van der Waals surface area contributed by atoms with E-state index in [1.165, 1.54) is 32.1 Å². The lowest BCUT2D eigenvalue weighted by Crippen LogP contribution is -2.10. The zero-order valence-corrected chi connectivity index (χ0v) is 8.09. The second kappa shape index (κ2) is 4.56. The molecule has 0 unspecified atom stereocenters.